The predicted octanol–water partition coefficient (Wildman–Crippen LogP) is 0.535. The fourth-order valence-electron chi connectivity index (χ4n) is 1.02. The van der Waals surface area contributed by atoms with Gasteiger partial charge in [0.1, 0.15) is 0 Å². The Bertz CT molecular complexity index is 321. The highest BCUT2D eigenvalue weighted by atomic mass is 16.1. The topological polar surface area (TPSA) is 41.8 Å². The zero-order valence-electron chi connectivity index (χ0n) is 5.82. The van der Waals surface area contributed by atoms with Crippen LogP contribution in [0.3, 0.4) is 0 Å². The zero-order valence-corrected chi connectivity index (χ0v) is 5.82. The van der Waals surface area contributed by atoms with E-state index in [1.165, 1.54) is 6.08 Å². The van der Waals surface area contributed by atoms with E-state index < -0.39 is 0 Å². The first-order chi connectivity index (χ1) is 5.36. The normalized spacial score (nSPS) is 20.9. The molecule has 0 unspecified atom stereocenters. The fourth-order valence-corrected chi connectivity index (χ4v) is 1.02. The molecule has 2 aliphatic heterocycles. The molecule has 0 fully saturated rings. The van der Waals surface area contributed by atoms with Crippen molar-refractivity contribution in [2.24, 2.45) is 9.98 Å². The Kier molecular flexibility index (Phi) is 1.28. The lowest BCUT2D eigenvalue weighted by atomic mass is 10.1. The van der Waals surface area contributed by atoms with Crippen molar-refractivity contribution in [3.05, 3.63) is 24.3 Å². The summed E-state index contributed by atoms with van der Waals surface area (Å²) in [7, 11) is 0. The van der Waals surface area contributed by atoms with Gasteiger partial charge in [-0.1, -0.05) is 6.08 Å². The van der Waals surface area contributed by atoms with E-state index in [1.54, 1.807) is 6.08 Å². The van der Waals surface area contributed by atoms with E-state index >= 15 is 0 Å². The van der Waals surface area contributed by atoms with Crippen LogP contribution in [0.1, 0.15) is 0 Å². The van der Waals surface area contributed by atoms with E-state index in [4.69, 9.17) is 0 Å². The number of fused-ring (bicyclic) bond motifs is 1. The molecule has 3 nitrogen and oxygen atoms in total. The molecule has 0 aliphatic carbocycles. The van der Waals surface area contributed by atoms with E-state index in [1.807, 2.05) is 12.2 Å². The lowest BCUT2D eigenvalue weighted by Gasteiger charge is -2.07. The van der Waals surface area contributed by atoms with Gasteiger partial charge in [0.2, 0.25) is 0 Å². The SMILES string of the molecule is O=C1C=CC2=NCC=CC2=N1. The molecule has 2 aliphatic rings. The van der Waals surface area contributed by atoms with Gasteiger partial charge in [-0.15, -0.1) is 0 Å². The van der Waals surface area contributed by atoms with Crippen molar-refractivity contribution >= 4 is 17.3 Å². The van der Waals surface area contributed by atoms with Crippen molar-refractivity contribution in [3.8, 4) is 0 Å². The molecule has 0 saturated heterocycles. The molecule has 54 valence electrons. The predicted molar refractivity (Wildman–Crippen MR) is 43.0 cm³/mol. The first kappa shape index (κ1) is 6.22. The van der Waals surface area contributed by atoms with Gasteiger partial charge in [-0.3, -0.25) is 9.79 Å². The average Bonchev–Trinajstić information content (AvgIpc) is 2.04. The summed E-state index contributed by atoms with van der Waals surface area (Å²) in [6, 6.07) is 0. The van der Waals surface area contributed by atoms with E-state index in [2.05, 4.69) is 9.98 Å². The molecule has 0 aromatic carbocycles. The number of allylic oxidation sites excluding steroid dienone is 2. The van der Waals surface area contributed by atoms with E-state index in [0.717, 1.165) is 5.71 Å². The minimum absolute atomic E-state index is 0.203. The molecule has 2 rings (SSSR count). The van der Waals surface area contributed by atoms with Crippen molar-refractivity contribution < 1.29 is 4.79 Å². The Morgan fingerprint density at radius 3 is 3.00 bits per heavy atom. The third kappa shape index (κ3) is 1.05. The molecule has 0 saturated carbocycles. The van der Waals surface area contributed by atoms with Crippen LogP contribution in [0.5, 0.6) is 0 Å². The van der Waals surface area contributed by atoms with Crippen LogP contribution in [0.2, 0.25) is 0 Å². The van der Waals surface area contributed by atoms with Gasteiger partial charge in [0, 0.05) is 6.08 Å². The Morgan fingerprint density at radius 1 is 1.18 bits per heavy atom. The van der Waals surface area contributed by atoms with Crippen LogP contribution in [0, 0.1) is 0 Å². The molecule has 1 amide bonds. The molecular weight excluding hydrogens is 140 g/mol. The second kappa shape index (κ2) is 2.27. The molecular formula is C8H6N2O. The Balaban J connectivity index is 2.44. The number of carbonyl (C=O) groups excluding carboxylic acids is 1. The Hall–Kier alpha value is -1.51. The van der Waals surface area contributed by atoms with Gasteiger partial charge in [0.25, 0.3) is 5.91 Å². The summed E-state index contributed by atoms with van der Waals surface area (Å²) in [4.78, 5) is 18.7. The summed E-state index contributed by atoms with van der Waals surface area (Å²) in [5, 5.41) is 0. The number of rotatable bonds is 0. The molecule has 0 aromatic heterocycles. The quantitative estimate of drug-likeness (QED) is 0.491. The van der Waals surface area contributed by atoms with Gasteiger partial charge in [-0.25, -0.2) is 4.99 Å². The third-order valence-corrected chi connectivity index (χ3v) is 1.52. The lowest BCUT2D eigenvalue weighted by molar-refractivity contribution is -0.113. The van der Waals surface area contributed by atoms with Gasteiger partial charge in [-0.2, -0.15) is 0 Å². The number of aliphatic imine (C=N–C) groups is 2. The summed E-state index contributed by atoms with van der Waals surface area (Å²) in [5.41, 5.74) is 1.50. The minimum Gasteiger partial charge on any atom is -0.279 e. The fraction of sp³-hybridized carbons (Fsp3) is 0.125. The number of hydrogen-bond acceptors (Lipinski definition) is 2. The summed E-state index contributed by atoms with van der Waals surface area (Å²) < 4.78 is 0. The van der Waals surface area contributed by atoms with Crippen molar-refractivity contribution in [2.45, 2.75) is 0 Å². The highest BCUT2D eigenvalue weighted by Crippen LogP contribution is 2.03. The van der Waals surface area contributed by atoms with Crippen molar-refractivity contribution in [3.63, 3.8) is 0 Å². The van der Waals surface area contributed by atoms with Crippen molar-refractivity contribution in [1.29, 1.82) is 0 Å². The van der Waals surface area contributed by atoms with E-state index in [0.29, 0.717) is 12.3 Å². The molecule has 2 heterocycles. The number of amides is 1. The third-order valence-electron chi connectivity index (χ3n) is 1.52. The van der Waals surface area contributed by atoms with Gasteiger partial charge >= 0.3 is 0 Å². The zero-order chi connectivity index (χ0) is 7.68. The maximum absolute atomic E-state index is 10.8. The standard InChI is InChI=1S/C8H6N2O/c11-8-4-3-6-7(10-8)2-1-5-9-6/h1-4H,5H2. The number of nitrogens with zero attached hydrogens (tertiary/aromatic N) is 2. The first-order valence-corrected chi connectivity index (χ1v) is 3.38. The molecule has 0 bridgehead atoms. The molecule has 0 N–H and O–H groups in total. The molecule has 0 aromatic rings. The number of carbonyl (C=O) groups is 1. The molecule has 0 spiro atoms. The highest BCUT2D eigenvalue weighted by molar-refractivity contribution is 6.53. The van der Waals surface area contributed by atoms with Crippen LogP contribution in [0.4, 0.5) is 0 Å². The van der Waals surface area contributed by atoms with Crippen LogP contribution in [0.25, 0.3) is 0 Å². The lowest BCUT2D eigenvalue weighted by Crippen LogP contribution is -2.18. The van der Waals surface area contributed by atoms with Gasteiger partial charge < -0.3 is 0 Å². The summed E-state index contributed by atoms with van der Waals surface area (Å²) in [6.07, 6.45) is 6.84. The summed E-state index contributed by atoms with van der Waals surface area (Å²) in [6.45, 7) is 0.687. The van der Waals surface area contributed by atoms with Crippen LogP contribution < -0.4 is 0 Å². The Labute approximate surface area is 63.9 Å². The van der Waals surface area contributed by atoms with Gasteiger partial charge in [0.15, 0.2) is 0 Å². The first-order valence-electron chi connectivity index (χ1n) is 3.38. The van der Waals surface area contributed by atoms with Crippen molar-refractivity contribution in [1.82, 2.24) is 0 Å². The second-order valence-electron chi connectivity index (χ2n) is 2.30. The highest BCUT2D eigenvalue weighted by Gasteiger charge is 2.11. The largest absolute Gasteiger partial charge is 0.279 e. The van der Waals surface area contributed by atoms with Crippen LogP contribution >= 0.6 is 0 Å². The van der Waals surface area contributed by atoms with Crippen molar-refractivity contribution in [2.75, 3.05) is 6.54 Å². The number of hydrogen-bond donors (Lipinski definition) is 0. The van der Waals surface area contributed by atoms with Gasteiger partial charge in [0.05, 0.1) is 18.0 Å². The average molecular weight is 146 g/mol. The molecule has 0 atom stereocenters. The second-order valence-corrected chi connectivity index (χ2v) is 2.30. The number of dihydropyridines is 2. The smallest absolute Gasteiger partial charge is 0.270 e. The maximum atomic E-state index is 10.8. The molecule has 0 radical (unpaired) electrons. The van der Waals surface area contributed by atoms with Crippen LogP contribution in [-0.4, -0.2) is 23.9 Å². The monoisotopic (exact) mass is 146 g/mol. The minimum atomic E-state index is -0.203. The van der Waals surface area contributed by atoms with E-state index in [-0.39, 0.29) is 5.91 Å². The summed E-state index contributed by atoms with van der Waals surface area (Å²) in [5.74, 6) is -0.203. The van der Waals surface area contributed by atoms with E-state index in [9.17, 15) is 4.79 Å². The molecule has 3 heteroatoms. The Morgan fingerprint density at radius 2 is 2.09 bits per heavy atom. The maximum Gasteiger partial charge on any atom is 0.270 e. The van der Waals surface area contributed by atoms with Crippen LogP contribution in [-0.2, 0) is 4.79 Å². The van der Waals surface area contributed by atoms with Crippen LogP contribution in [0.15, 0.2) is 34.3 Å². The van der Waals surface area contributed by atoms with Gasteiger partial charge in [-0.05, 0) is 12.2 Å². The summed E-state index contributed by atoms with van der Waals surface area (Å²) >= 11 is 0. The molecule has 11 heavy (non-hydrogen) atoms.